The van der Waals surface area contributed by atoms with E-state index in [4.69, 9.17) is 0 Å². The van der Waals surface area contributed by atoms with Crippen LogP contribution in [0.15, 0.2) is 59.9 Å². The van der Waals surface area contributed by atoms with E-state index in [0.717, 1.165) is 11.1 Å². The number of benzene rings is 2. The van der Waals surface area contributed by atoms with Crippen LogP contribution in [0.3, 0.4) is 0 Å². The maximum atomic E-state index is 11.4. The van der Waals surface area contributed by atoms with Gasteiger partial charge in [0, 0.05) is 12.2 Å². The lowest BCUT2D eigenvalue weighted by molar-refractivity contribution is -0.477. The molecule has 0 unspecified atom stereocenters. The number of hydrogen-bond acceptors (Lipinski definition) is 4. The topological polar surface area (TPSA) is 86.3 Å². The van der Waals surface area contributed by atoms with Crippen LogP contribution in [0.2, 0.25) is 0 Å². The standard InChI is InChI=1S/C18H16N2O4/c1-13-3-7-15(8-4-13)11-17(19(21)22)18(20(23)24)12-16-9-5-14(2)6-10-16/h3-12H,1-2H3/b17-11-,18-12-. The van der Waals surface area contributed by atoms with E-state index in [2.05, 4.69) is 0 Å². The van der Waals surface area contributed by atoms with Gasteiger partial charge in [0.1, 0.15) is 0 Å². The van der Waals surface area contributed by atoms with Crippen LogP contribution in [0, 0.1) is 34.1 Å². The number of aryl methyl sites for hydroxylation is 2. The Morgan fingerprint density at radius 3 is 1.25 bits per heavy atom. The van der Waals surface area contributed by atoms with Gasteiger partial charge in [-0.25, -0.2) is 0 Å². The number of nitrogens with zero attached hydrogens (tertiary/aromatic N) is 2. The van der Waals surface area contributed by atoms with E-state index in [9.17, 15) is 20.2 Å². The van der Waals surface area contributed by atoms with Crippen LogP contribution in [0.4, 0.5) is 0 Å². The Hall–Kier alpha value is -3.28. The first-order valence-corrected chi connectivity index (χ1v) is 7.22. The monoisotopic (exact) mass is 324 g/mol. The van der Waals surface area contributed by atoms with Gasteiger partial charge in [0.25, 0.3) is 0 Å². The Morgan fingerprint density at radius 2 is 1.00 bits per heavy atom. The molecule has 0 heterocycles. The highest BCUT2D eigenvalue weighted by Gasteiger charge is 2.28. The Labute approximate surface area is 139 Å². The third-order valence-electron chi connectivity index (χ3n) is 3.42. The van der Waals surface area contributed by atoms with E-state index in [0.29, 0.717) is 11.1 Å². The molecule has 2 aromatic carbocycles. The largest absolute Gasteiger partial charge is 0.346 e. The summed E-state index contributed by atoms with van der Waals surface area (Å²) < 4.78 is 0. The average Bonchev–Trinajstić information content (AvgIpc) is 2.54. The first-order valence-electron chi connectivity index (χ1n) is 7.22. The molecule has 0 aliphatic rings. The van der Waals surface area contributed by atoms with Crippen LogP contribution in [0.25, 0.3) is 12.2 Å². The van der Waals surface area contributed by atoms with Crippen LogP contribution < -0.4 is 0 Å². The summed E-state index contributed by atoms with van der Waals surface area (Å²) in [6.45, 7) is 3.78. The van der Waals surface area contributed by atoms with Gasteiger partial charge in [-0.15, -0.1) is 0 Å². The van der Waals surface area contributed by atoms with Crippen LogP contribution in [0.5, 0.6) is 0 Å². The first kappa shape index (κ1) is 17.1. The molecule has 2 aromatic rings. The molecule has 122 valence electrons. The Bertz CT molecular complexity index is 748. The Balaban J connectivity index is 2.52. The zero-order valence-corrected chi connectivity index (χ0v) is 13.3. The molecule has 0 amide bonds. The van der Waals surface area contributed by atoms with Crippen molar-refractivity contribution in [3.05, 3.63) is 102 Å². The van der Waals surface area contributed by atoms with Gasteiger partial charge in [0.05, 0.1) is 9.85 Å². The van der Waals surface area contributed by atoms with Gasteiger partial charge in [-0.3, -0.25) is 20.2 Å². The van der Waals surface area contributed by atoms with Crippen molar-refractivity contribution in [2.75, 3.05) is 0 Å². The molecule has 2 rings (SSSR count). The van der Waals surface area contributed by atoms with E-state index >= 15 is 0 Å². The lowest BCUT2D eigenvalue weighted by atomic mass is 10.1. The molecule has 0 spiro atoms. The van der Waals surface area contributed by atoms with Crippen LogP contribution >= 0.6 is 0 Å². The Morgan fingerprint density at radius 1 is 0.708 bits per heavy atom. The predicted octanol–water partition coefficient (Wildman–Crippen LogP) is 4.24. The molecular weight excluding hydrogens is 308 g/mol. The average molecular weight is 324 g/mol. The predicted molar refractivity (Wildman–Crippen MR) is 92.3 cm³/mol. The van der Waals surface area contributed by atoms with Gasteiger partial charge in [0.2, 0.25) is 0 Å². The highest BCUT2D eigenvalue weighted by Crippen LogP contribution is 2.20. The maximum absolute atomic E-state index is 11.4. The highest BCUT2D eigenvalue weighted by atomic mass is 16.6. The van der Waals surface area contributed by atoms with Crippen LogP contribution in [-0.4, -0.2) is 9.85 Å². The minimum absolute atomic E-state index is 0.531. The number of nitro groups is 2. The molecule has 0 aromatic heterocycles. The zero-order chi connectivity index (χ0) is 17.7. The molecular formula is C18H16N2O4. The fourth-order valence-corrected chi connectivity index (χ4v) is 2.08. The van der Waals surface area contributed by atoms with Crippen molar-refractivity contribution in [2.24, 2.45) is 0 Å². The van der Waals surface area contributed by atoms with Crippen molar-refractivity contribution in [3.8, 4) is 0 Å². The molecule has 0 radical (unpaired) electrons. The fourth-order valence-electron chi connectivity index (χ4n) is 2.08. The van der Waals surface area contributed by atoms with Gasteiger partial charge < -0.3 is 0 Å². The van der Waals surface area contributed by atoms with Crippen LogP contribution in [-0.2, 0) is 0 Å². The van der Waals surface area contributed by atoms with Gasteiger partial charge in [-0.05, 0) is 25.0 Å². The SMILES string of the molecule is Cc1ccc(/C=C(/C(=C/c2ccc(C)cc2)[N+](=O)[O-])[N+](=O)[O-])cc1. The quantitative estimate of drug-likeness (QED) is 0.467. The zero-order valence-electron chi connectivity index (χ0n) is 13.3. The minimum Gasteiger partial charge on any atom is -0.258 e. The molecule has 0 N–H and O–H groups in total. The normalized spacial score (nSPS) is 12.1. The van der Waals surface area contributed by atoms with E-state index in [-0.39, 0.29) is 0 Å². The summed E-state index contributed by atoms with van der Waals surface area (Å²) in [6.07, 6.45) is 2.42. The van der Waals surface area contributed by atoms with Gasteiger partial charge in [-0.1, -0.05) is 59.7 Å². The summed E-state index contributed by atoms with van der Waals surface area (Å²) in [5.41, 5.74) is 1.96. The highest BCUT2D eigenvalue weighted by molar-refractivity contribution is 5.62. The third kappa shape index (κ3) is 4.36. The first-order chi connectivity index (χ1) is 11.4. The van der Waals surface area contributed by atoms with Crippen molar-refractivity contribution < 1.29 is 9.85 Å². The maximum Gasteiger partial charge on any atom is 0.346 e. The van der Waals surface area contributed by atoms with Crippen molar-refractivity contribution in [2.45, 2.75) is 13.8 Å². The van der Waals surface area contributed by atoms with Crippen LogP contribution in [0.1, 0.15) is 22.3 Å². The van der Waals surface area contributed by atoms with E-state index in [1.165, 1.54) is 12.2 Å². The van der Waals surface area contributed by atoms with Crippen molar-refractivity contribution in [1.29, 1.82) is 0 Å². The molecule has 0 fully saturated rings. The van der Waals surface area contributed by atoms with Gasteiger partial charge >= 0.3 is 11.4 Å². The summed E-state index contributed by atoms with van der Waals surface area (Å²) in [4.78, 5) is 21.2. The van der Waals surface area contributed by atoms with E-state index in [1.807, 2.05) is 13.8 Å². The summed E-state index contributed by atoms with van der Waals surface area (Å²) in [7, 11) is 0. The number of rotatable bonds is 5. The molecule has 0 aliphatic heterocycles. The van der Waals surface area contributed by atoms with Gasteiger partial charge in [0.15, 0.2) is 0 Å². The molecule has 24 heavy (non-hydrogen) atoms. The second-order valence-electron chi connectivity index (χ2n) is 5.39. The van der Waals surface area contributed by atoms with Gasteiger partial charge in [-0.2, -0.15) is 0 Å². The van der Waals surface area contributed by atoms with Crippen molar-refractivity contribution >= 4 is 12.2 Å². The molecule has 0 aliphatic carbocycles. The molecule has 0 atom stereocenters. The Kier molecular flexibility index (Phi) is 5.21. The molecule has 0 saturated carbocycles. The van der Waals surface area contributed by atoms with E-state index in [1.54, 1.807) is 48.5 Å². The summed E-state index contributed by atoms with van der Waals surface area (Å²) in [5, 5.41) is 22.7. The fraction of sp³-hybridized carbons (Fsp3) is 0.111. The second kappa shape index (κ2) is 7.32. The molecule has 0 saturated heterocycles. The van der Waals surface area contributed by atoms with Crippen molar-refractivity contribution in [3.63, 3.8) is 0 Å². The molecule has 0 bridgehead atoms. The minimum atomic E-state index is -0.733. The van der Waals surface area contributed by atoms with Crippen molar-refractivity contribution in [1.82, 2.24) is 0 Å². The summed E-state index contributed by atoms with van der Waals surface area (Å²) in [5.74, 6) is 0. The summed E-state index contributed by atoms with van der Waals surface area (Å²) >= 11 is 0. The third-order valence-corrected chi connectivity index (χ3v) is 3.42. The van der Waals surface area contributed by atoms with E-state index < -0.39 is 21.2 Å². The smallest absolute Gasteiger partial charge is 0.258 e. The molecule has 6 nitrogen and oxygen atoms in total. The number of hydrogen-bond donors (Lipinski definition) is 0. The second-order valence-corrected chi connectivity index (χ2v) is 5.39. The lowest BCUT2D eigenvalue weighted by Gasteiger charge is -2.00. The lowest BCUT2D eigenvalue weighted by Crippen LogP contribution is -2.09. The molecule has 6 heteroatoms. The summed E-state index contributed by atoms with van der Waals surface area (Å²) in [6, 6.07) is 13.9.